The number of amides is 2. The lowest BCUT2D eigenvalue weighted by molar-refractivity contribution is -0.114. The van der Waals surface area contributed by atoms with Gasteiger partial charge in [-0.2, -0.15) is 0 Å². The Morgan fingerprint density at radius 2 is 1.62 bits per heavy atom. The number of carbonyl (C=O) groups excluding carboxylic acids is 2. The fourth-order valence-corrected chi connectivity index (χ4v) is 4.59. The van der Waals surface area contributed by atoms with Crippen molar-refractivity contribution in [2.24, 2.45) is 0 Å². The number of hydrogen-bond acceptors (Lipinski definition) is 7. The Morgan fingerprint density at radius 1 is 0.911 bits per heavy atom. The number of hydrogen-bond donors (Lipinski definition) is 4. The van der Waals surface area contributed by atoms with Gasteiger partial charge in [-0.15, -0.1) is 0 Å². The number of anilines is 3. The van der Waals surface area contributed by atoms with Crippen molar-refractivity contribution in [1.29, 1.82) is 0 Å². The van der Waals surface area contributed by atoms with E-state index in [9.17, 15) is 9.59 Å². The van der Waals surface area contributed by atoms with E-state index in [-0.39, 0.29) is 5.91 Å². The predicted octanol–water partition coefficient (Wildman–Crippen LogP) is 7.20. The summed E-state index contributed by atoms with van der Waals surface area (Å²) in [6.45, 7) is 9.11. The first-order valence-electron chi connectivity index (χ1n) is 14.3. The summed E-state index contributed by atoms with van der Waals surface area (Å²) in [7, 11) is 1.91. The number of carbonyl (C=O) groups is 2. The van der Waals surface area contributed by atoms with Crippen LogP contribution in [0.2, 0.25) is 0 Å². The van der Waals surface area contributed by atoms with Crippen LogP contribution in [0, 0.1) is 0 Å². The van der Waals surface area contributed by atoms with E-state index in [0.717, 1.165) is 51.5 Å². The van der Waals surface area contributed by atoms with Crippen molar-refractivity contribution < 1.29 is 14.0 Å². The highest BCUT2D eigenvalue weighted by molar-refractivity contribution is 6.06. The molecule has 0 unspecified atom stereocenters. The maximum absolute atomic E-state index is 11.5. The standard InChI is InChI=1S/C29H27N5O2.C7H9NO/c1-19(35)34-24-14-10-21(11-15-24)25-26-28(31-17-16-20-8-12-23(30-2)13-9-20)32-18-33-29(26)36-27(25)22-6-4-3-5-7-22;1-3-5-7(4-2)8-6-9/h3-15,18,30H,16-17H2,1-2H3,(H,34,35)(H,31,32,33);3-6H,1-2H2,(H,8,9)/b;7-5+. The van der Waals surface area contributed by atoms with Crippen LogP contribution in [-0.4, -0.2) is 35.9 Å². The number of nitrogens with one attached hydrogen (secondary N) is 4. The van der Waals surface area contributed by atoms with Crippen LogP contribution in [-0.2, 0) is 16.0 Å². The van der Waals surface area contributed by atoms with E-state index < -0.39 is 0 Å². The molecular formula is C36H36N6O3. The minimum absolute atomic E-state index is 0.109. The number of fused-ring (bicyclic) bond motifs is 1. The number of rotatable bonds is 12. The SMILES string of the molecule is C=C/C=C(\C=C)NC=O.CNc1ccc(CCNc2ncnc3oc(-c4ccccc4)c(-c4ccc(NC(C)=O)cc4)c23)cc1. The van der Waals surface area contributed by atoms with E-state index in [2.05, 4.69) is 68.7 Å². The van der Waals surface area contributed by atoms with Crippen molar-refractivity contribution in [1.82, 2.24) is 15.3 Å². The molecule has 2 aromatic heterocycles. The van der Waals surface area contributed by atoms with Gasteiger partial charge in [0.2, 0.25) is 18.0 Å². The van der Waals surface area contributed by atoms with Gasteiger partial charge in [0.05, 0.1) is 5.39 Å². The van der Waals surface area contributed by atoms with E-state index in [1.165, 1.54) is 24.9 Å². The molecule has 228 valence electrons. The molecule has 0 fully saturated rings. The van der Waals surface area contributed by atoms with Gasteiger partial charge in [0, 0.05) is 48.7 Å². The highest BCUT2D eigenvalue weighted by Gasteiger charge is 2.22. The average Bonchev–Trinajstić information content (AvgIpc) is 3.46. The van der Waals surface area contributed by atoms with Crippen LogP contribution in [0.5, 0.6) is 0 Å². The van der Waals surface area contributed by atoms with Crippen LogP contribution in [0.25, 0.3) is 33.6 Å². The first kappa shape index (κ1) is 32.0. The summed E-state index contributed by atoms with van der Waals surface area (Å²) in [6.07, 6.45) is 7.73. The average molecular weight is 601 g/mol. The molecule has 0 aliphatic rings. The molecule has 0 saturated heterocycles. The largest absolute Gasteiger partial charge is 0.437 e. The van der Waals surface area contributed by atoms with Gasteiger partial charge in [-0.25, -0.2) is 9.97 Å². The Morgan fingerprint density at radius 3 is 2.24 bits per heavy atom. The van der Waals surface area contributed by atoms with Crippen molar-refractivity contribution in [2.75, 3.05) is 29.5 Å². The van der Waals surface area contributed by atoms with Crippen LogP contribution >= 0.6 is 0 Å². The highest BCUT2D eigenvalue weighted by Crippen LogP contribution is 2.42. The summed E-state index contributed by atoms with van der Waals surface area (Å²) in [5, 5.41) is 12.7. The third-order valence-corrected chi connectivity index (χ3v) is 6.71. The molecule has 0 atom stereocenters. The van der Waals surface area contributed by atoms with Crippen LogP contribution in [0.4, 0.5) is 17.2 Å². The summed E-state index contributed by atoms with van der Waals surface area (Å²) >= 11 is 0. The molecule has 0 saturated carbocycles. The van der Waals surface area contributed by atoms with Crippen LogP contribution in [0.3, 0.4) is 0 Å². The Bertz CT molecular complexity index is 1780. The van der Waals surface area contributed by atoms with Crippen LogP contribution in [0.15, 0.2) is 127 Å². The van der Waals surface area contributed by atoms with Crippen molar-refractivity contribution in [3.8, 4) is 22.5 Å². The molecule has 2 heterocycles. The molecule has 0 radical (unpaired) electrons. The van der Waals surface area contributed by atoms with Crippen molar-refractivity contribution in [3.63, 3.8) is 0 Å². The maximum atomic E-state index is 11.5. The van der Waals surface area contributed by atoms with Gasteiger partial charge in [-0.3, -0.25) is 9.59 Å². The van der Waals surface area contributed by atoms with E-state index in [4.69, 9.17) is 4.42 Å². The number of nitrogens with zero attached hydrogens (tertiary/aromatic N) is 2. The van der Waals surface area contributed by atoms with E-state index >= 15 is 0 Å². The third-order valence-electron chi connectivity index (χ3n) is 6.71. The van der Waals surface area contributed by atoms with E-state index in [1.807, 2.05) is 61.6 Å². The molecule has 0 aliphatic heterocycles. The molecule has 5 aromatic rings. The highest BCUT2D eigenvalue weighted by atomic mass is 16.3. The minimum Gasteiger partial charge on any atom is -0.437 e. The van der Waals surface area contributed by atoms with Gasteiger partial charge in [0.1, 0.15) is 17.9 Å². The van der Waals surface area contributed by atoms with Crippen molar-refractivity contribution in [2.45, 2.75) is 13.3 Å². The Balaban J connectivity index is 0.000000448. The number of furan rings is 1. The number of aromatic nitrogens is 2. The molecule has 0 spiro atoms. The second-order valence-electron chi connectivity index (χ2n) is 9.78. The predicted molar refractivity (Wildman–Crippen MR) is 183 cm³/mol. The van der Waals surface area contributed by atoms with Crippen LogP contribution in [0.1, 0.15) is 12.5 Å². The molecular weight excluding hydrogens is 564 g/mol. The lowest BCUT2D eigenvalue weighted by Crippen LogP contribution is -2.07. The second kappa shape index (κ2) is 16.0. The lowest BCUT2D eigenvalue weighted by Gasteiger charge is -2.10. The Labute approximate surface area is 262 Å². The first-order chi connectivity index (χ1) is 22.0. The smallest absolute Gasteiger partial charge is 0.232 e. The van der Waals surface area contributed by atoms with E-state index in [1.54, 1.807) is 12.2 Å². The summed E-state index contributed by atoms with van der Waals surface area (Å²) in [6, 6.07) is 26.1. The molecule has 2 amide bonds. The Hall–Kier alpha value is -5.96. The molecule has 9 heteroatoms. The number of allylic oxidation sites excluding steroid dienone is 3. The summed E-state index contributed by atoms with van der Waals surface area (Å²) < 4.78 is 6.30. The monoisotopic (exact) mass is 600 g/mol. The lowest BCUT2D eigenvalue weighted by atomic mass is 9.99. The normalized spacial score (nSPS) is 10.7. The quantitative estimate of drug-likeness (QED) is 0.0883. The molecule has 0 bridgehead atoms. The van der Waals surface area contributed by atoms with Gasteiger partial charge in [0.15, 0.2) is 0 Å². The van der Waals surface area contributed by atoms with Crippen LogP contribution < -0.4 is 21.3 Å². The third kappa shape index (κ3) is 8.55. The zero-order valence-electron chi connectivity index (χ0n) is 25.3. The molecule has 5 rings (SSSR count). The van der Waals surface area contributed by atoms with Gasteiger partial charge < -0.3 is 25.7 Å². The molecule has 0 aliphatic carbocycles. The van der Waals surface area contributed by atoms with Gasteiger partial charge in [-0.1, -0.05) is 73.8 Å². The number of benzene rings is 3. The van der Waals surface area contributed by atoms with Crippen molar-refractivity contribution >= 4 is 40.6 Å². The van der Waals surface area contributed by atoms with Gasteiger partial charge in [-0.05, 0) is 54.0 Å². The van der Waals surface area contributed by atoms with Gasteiger partial charge >= 0.3 is 0 Å². The fraction of sp³-hybridized carbons (Fsp3) is 0.111. The topological polar surface area (TPSA) is 121 Å². The first-order valence-corrected chi connectivity index (χ1v) is 14.3. The maximum Gasteiger partial charge on any atom is 0.232 e. The summed E-state index contributed by atoms with van der Waals surface area (Å²) in [4.78, 5) is 30.3. The molecule has 4 N–H and O–H groups in total. The van der Waals surface area contributed by atoms with Crippen molar-refractivity contribution in [3.05, 3.63) is 128 Å². The minimum atomic E-state index is -0.109. The summed E-state index contributed by atoms with van der Waals surface area (Å²) in [5.74, 6) is 1.34. The zero-order valence-corrected chi connectivity index (χ0v) is 25.3. The zero-order chi connectivity index (χ0) is 32.0. The molecule has 3 aromatic carbocycles. The van der Waals surface area contributed by atoms with E-state index in [0.29, 0.717) is 24.4 Å². The fourth-order valence-electron chi connectivity index (χ4n) is 4.59. The molecule has 9 nitrogen and oxygen atoms in total. The second-order valence-corrected chi connectivity index (χ2v) is 9.78. The Kier molecular flexibility index (Phi) is 11.4. The summed E-state index contributed by atoms with van der Waals surface area (Å²) in [5.41, 5.74) is 7.04. The molecule has 45 heavy (non-hydrogen) atoms. The van der Waals surface area contributed by atoms with Gasteiger partial charge in [0.25, 0.3) is 0 Å².